The molecule has 1 amide bonds. The smallest absolute Gasteiger partial charge is 0.255 e. The highest BCUT2D eigenvalue weighted by atomic mass is 16.6. The van der Waals surface area contributed by atoms with Crippen LogP contribution in [0.4, 0.5) is 0 Å². The lowest BCUT2D eigenvalue weighted by Gasteiger charge is -2.23. The Kier molecular flexibility index (Phi) is 1.83. The minimum absolute atomic E-state index is 0.316. The van der Waals surface area contributed by atoms with Gasteiger partial charge in [-0.1, -0.05) is 0 Å². The van der Waals surface area contributed by atoms with Crippen molar-refractivity contribution in [3.8, 4) is 0 Å². The maximum Gasteiger partial charge on any atom is 0.255 e. The van der Waals surface area contributed by atoms with Crippen LogP contribution in [0.2, 0.25) is 0 Å². The van der Waals surface area contributed by atoms with Crippen LogP contribution in [-0.4, -0.2) is 46.6 Å². The molecule has 74 valence electrons. The van der Waals surface area contributed by atoms with Crippen LogP contribution in [-0.2, 0) is 9.53 Å². The molecule has 2 fully saturated rings. The molecule has 1 unspecified atom stereocenters. The first kappa shape index (κ1) is 8.93. The molecule has 2 aliphatic rings. The third-order valence-electron chi connectivity index (χ3n) is 2.84. The molecule has 0 aliphatic carbocycles. The Labute approximate surface area is 75.7 Å². The summed E-state index contributed by atoms with van der Waals surface area (Å²) >= 11 is 0. The topological polar surface area (TPSA) is 78.8 Å². The Morgan fingerprint density at radius 2 is 2.31 bits per heavy atom. The Hall–Kier alpha value is -0.650. The van der Waals surface area contributed by atoms with Crippen molar-refractivity contribution < 1.29 is 19.7 Å². The lowest BCUT2D eigenvalue weighted by molar-refractivity contribution is -0.147. The molecule has 0 aromatic rings. The van der Waals surface area contributed by atoms with Gasteiger partial charge in [0.25, 0.3) is 5.91 Å². The summed E-state index contributed by atoms with van der Waals surface area (Å²) in [5.74, 6) is -0.316. The summed E-state index contributed by atoms with van der Waals surface area (Å²) in [7, 11) is 0. The van der Waals surface area contributed by atoms with E-state index in [-0.39, 0.29) is 5.91 Å². The van der Waals surface area contributed by atoms with Crippen LogP contribution in [0.1, 0.15) is 13.3 Å². The summed E-state index contributed by atoms with van der Waals surface area (Å²) in [6.07, 6.45) is -2.14. The first-order chi connectivity index (χ1) is 6.08. The zero-order valence-electron chi connectivity index (χ0n) is 7.36. The fraction of sp³-hybridized carbons (Fsp3) is 0.875. The van der Waals surface area contributed by atoms with Crippen molar-refractivity contribution in [2.75, 3.05) is 6.54 Å². The zero-order chi connectivity index (χ0) is 9.64. The predicted molar refractivity (Wildman–Crippen MR) is 42.9 cm³/mol. The normalized spacial score (nSPS) is 50.1. The molecule has 0 saturated carbocycles. The maximum atomic E-state index is 11.4. The second-order valence-electron chi connectivity index (χ2n) is 3.65. The third kappa shape index (κ3) is 1.01. The number of aliphatic hydroxyl groups excluding tert-OH is 2. The Balaban J connectivity index is 2.29. The van der Waals surface area contributed by atoms with Gasteiger partial charge >= 0.3 is 0 Å². The third-order valence-corrected chi connectivity index (χ3v) is 2.84. The number of carbonyl (C=O) groups excluding carboxylic acids is 1. The Bertz CT molecular complexity index is 244. The van der Waals surface area contributed by atoms with E-state index in [1.807, 2.05) is 0 Å². The van der Waals surface area contributed by atoms with Crippen LogP contribution < -0.4 is 5.32 Å². The lowest BCUT2D eigenvalue weighted by atomic mass is 9.93. The highest BCUT2D eigenvalue weighted by molar-refractivity contribution is 5.88. The fourth-order valence-electron chi connectivity index (χ4n) is 2.02. The van der Waals surface area contributed by atoms with Gasteiger partial charge in [0.05, 0.1) is 6.10 Å². The largest absolute Gasteiger partial charge is 0.388 e. The van der Waals surface area contributed by atoms with Gasteiger partial charge in [-0.05, 0) is 6.92 Å². The molecular weight excluding hydrogens is 174 g/mol. The lowest BCUT2D eigenvalue weighted by Crippen LogP contribution is -2.48. The van der Waals surface area contributed by atoms with Gasteiger partial charge in [0.1, 0.15) is 12.2 Å². The van der Waals surface area contributed by atoms with Crippen molar-refractivity contribution in [2.45, 2.75) is 37.3 Å². The summed E-state index contributed by atoms with van der Waals surface area (Å²) in [5.41, 5.74) is -1.20. The number of nitrogens with one attached hydrogen (secondary N) is 1. The number of ether oxygens (including phenoxy) is 1. The first-order valence-electron chi connectivity index (χ1n) is 4.40. The highest BCUT2D eigenvalue weighted by Gasteiger charge is 2.59. The van der Waals surface area contributed by atoms with Crippen LogP contribution in [0.3, 0.4) is 0 Å². The monoisotopic (exact) mass is 187 g/mol. The van der Waals surface area contributed by atoms with Crippen molar-refractivity contribution in [3.05, 3.63) is 0 Å². The molecule has 13 heavy (non-hydrogen) atoms. The highest BCUT2D eigenvalue weighted by Crippen LogP contribution is 2.36. The van der Waals surface area contributed by atoms with Crippen LogP contribution in [0.15, 0.2) is 0 Å². The molecule has 4 atom stereocenters. The van der Waals surface area contributed by atoms with Crippen LogP contribution in [0.5, 0.6) is 0 Å². The zero-order valence-corrected chi connectivity index (χ0v) is 7.36. The molecule has 0 bridgehead atoms. The molecule has 2 heterocycles. The number of amides is 1. The average Bonchev–Trinajstić information content (AvgIpc) is 2.54. The second-order valence-corrected chi connectivity index (χ2v) is 3.65. The molecule has 2 saturated heterocycles. The van der Waals surface area contributed by atoms with Gasteiger partial charge in [0.15, 0.2) is 5.60 Å². The minimum atomic E-state index is -1.20. The molecule has 5 nitrogen and oxygen atoms in total. The van der Waals surface area contributed by atoms with Crippen molar-refractivity contribution >= 4 is 5.91 Å². The van der Waals surface area contributed by atoms with E-state index in [1.165, 1.54) is 0 Å². The van der Waals surface area contributed by atoms with E-state index in [2.05, 4.69) is 5.32 Å². The summed E-state index contributed by atoms with van der Waals surface area (Å²) in [4.78, 5) is 11.4. The molecule has 2 aliphatic heterocycles. The molecule has 0 aromatic carbocycles. The summed E-state index contributed by atoms with van der Waals surface area (Å²) in [5, 5.41) is 21.7. The van der Waals surface area contributed by atoms with Crippen LogP contribution in [0, 0.1) is 0 Å². The van der Waals surface area contributed by atoms with Crippen LogP contribution >= 0.6 is 0 Å². The number of hydrogen-bond acceptors (Lipinski definition) is 4. The summed E-state index contributed by atoms with van der Waals surface area (Å²) in [6, 6.07) is 0. The molecule has 1 spiro atoms. The summed E-state index contributed by atoms with van der Waals surface area (Å²) < 4.78 is 5.33. The van der Waals surface area contributed by atoms with E-state index in [4.69, 9.17) is 4.74 Å². The van der Waals surface area contributed by atoms with E-state index in [0.29, 0.717) is 13.0 Å². The van der Waals surface area contributed by atoms with Crippen LogP contribution in [0.25, 0.3) is 0 Å². The van der Waals surface area contributed by atoms with Crippen molar-refractivity contribution in [3.63, 3.8) is 0 Å². The molecular formula is C8H13NO4. The van der Waals surface area contributed by atoms with Gasteiger partial charge in [-0.3, -0.25) is 4.79 Å². The van der Waals surface area contributed by atoms with E-state index in [1.54, 1.807) is 6.92 Å². The molecule has 0 aromatic heterocycles. The van der Waals surface area contributed by atoms with E-state index in [9.17, 15) is 15.0 Å². The molecule has 0 radical (unpaired) electrons. The molecule has 3 N–H and O–H groups in total. The van der Waals surface area contributed by atoms with Gasteiger partial charge < -0.3 is 20.3 Å². The van der Waals surface area contributed by atoms with E-state index in [0.717, 1.165) is 0 Å². The Morgan fingerprint density at radius 1 is 1.62 bits per heavy atom. The predicted octanol–water partition coefficient (Wildman–Crippen LogP) is -1.61. The number of hydrogen-bond donors (Lipinski definition) is 3. The van der Waals surface area contributed by atoms with Gasteiger partial charge in [0.2, 0.25) is 0 Å². The number of aliphatic hydroxyl groups is 2. The Morgan fingerprint density at radius 3 is 2.69 bits per heavy atom. The van der Waals surface area contributed by atoms with E-state index >= 15 is 0 Å². The van der Waals surface area contributed by atoms with E-state index < -0.39 is 23.9 Å². The average molecular weight is 187 g/mol. The second kappa shape index (κ2) is 2.67. The standard InChI is InChI=1S/C8H13NO4/c1-4-5(10)6(11)8(13-4)2-3-9-7(8)12/h4-6,10-11H,2-3H2,1H3,(H,9,12)/t4-,5?,6+,8-/m0/s1. The minimum Gasteiger partial charge on any atom is -0.388 e. The molecule has 5 heteroatoms. The van der Waals surface area contributed by atoms with Crippen molar-refractivity contribution in [2.24, 2.45) is 0 Å². The van der Waals surface area contributed by atoms with Gasteiger partial charge in [-0.25, -0.2) is 0 Å². The van der Waals surface area contributed by atoms with Gasteiger partial charge in [-0.2, -0.15) is 0 Å². The quantitative estimate of drug-likeness (QED) is 0.426. The van der Waals surface area contributed by atoms with Crippen molar-refractivity contribution in [1.29, 1.82) is 0 Å². The van der Waals surface area contributed by atoms with Gasteiger partial charge in [0, 0.05) is 13.0 Å². The number of rotatable bonds is 0. The first-order valence-corrected chi connectivity index (χ1v) is 4.40. The fourth-order valence-corrected chi connectivity index (χ4v) is 2.02. The molecule has 2 rings (SSSR count). The van der Waals surface area contributed by atoms with Gasteiger partial charge in [-0.15, -0.1) is 0 Å². The SMILES string of the molecule is C[C@@H]1O[C@@]2(CCNC2=O)[C@H](O)C1O. The van der Waals surface area contributed by atoms with Crippen molar-refractivity contribution in [1.82, 2.24) is 5.32 Å². The number of carbonyl (C=O) groups is 1. The maximum absolute atomic E-state index is 11.4. The summed E-state index contributed by atoms with van der Waals surface area (Å²) in [6.45, 7) is 2.14.